The highest BCUT2D eigenvalue weighted by molar-refractivity contribution is 5.81. The molecule has 0 aliphatic carbocycles. The Bertz CT molecular complexity index is 783. The van der Waals surface area contributed by atoms with Crippen LogP contribution >= 0.6 is 0 Å². The maximum absolute atomic E-state index is 8.27. The summed E-state index contributed by atoms with van der Waals surface area (Å²) in [5, 5.41) is 9.76. The lowest BCUT2D eigenvalue weighted by molar-refractivity contribution is 1.30. The predicted octanol–water partition coefficient (Wildman–Crippen LogP) is 3.82. The molecule has 1 aromatic heterocycles. The van der Waals surface area contributed by atoms with Gasteiger partial charge in [-0.1, -0.05) is 54.6 Å². The van der Waals surface area contributed by atoms with Crippen molar-refractivity contribution in [1.29, 1.82) is 5.41 Å². The number of aromatic amines is 1. The zero-order valence-corrected chi connectivity index (χ0v) is 10.4. The van der Waals surface area contributed by atoms with E-state index in [2.05, 4.69) is 17.1 Å². The zero-order valence-electron chi connectivity index (χ0n) is 10.4. The van der Waals surface area contributed by atoms with Gasteiger partial charge in [0.25, 0.3) is 0 Å². The highest BCUT2D eigenvalue weighted by Crippen LogP contribution is 2.09. The quantitative estimate of drug-likeness (QED) is 0.690. The van der Waals surface area contributed by atoms with Crippen molar-refractivity contribution in [2.75, 3.05) is 0 Å². The van der Waals surface area contributed by atoms with E-state index in [1.54, 1.807) is 0 Å². The highest BCUT2D eigenvalue weighted by Gasteiger charge is 1.97. The minimum absolute atomic E-state index is 0.549. The monoisotopic (exact) mass is 246 g/mol. The molecule has 1 heterocycles. The van der Waals surface area contributed by atoms with Gasteiger partial charge in [-0.15, -0.1) is 0 Å². The molecule has 92 valence electrons. The molecule has 0 amide bonds. The minimum Gasteiger partial charge on any atom is -0.361 e. The Hall–Kier alpha value is -2.61. The van der Waals surface area contributed by atoms with Crippen LogP contribution in [0.15, 0.2) is 60.8 Å². The number of benzene rings is 1. The second kappa shape index (κ2) is 4.94. The van der Waals surface area contributed by atoms with Crippen LogP contribution in [0.25, 0.3) is 23.1 Å². The van der Waals surface area contributed by atoms with Gasteiger partial charge < -0.3 is 4.98 Å². The molecule has 0 saturated heterocycles. The predicted molar refractivity (Wildman–Crippen MR) is 79.5 cm³/mol. The molecular formula is C17H14N2. The van der Waals surface area contributed by atoms with E-state index >= 15 is 0 Å². The largest absolute Gasteiger partial charge is 0.361 e. The first-order valence-electron chi connectivity index (χ1n) is 6.23. The fourth-order valence-electron chi connectivity index (χ4n) is 2.11. The number of H-pyrrole nitrogens is 1. The molecule has 0 atom stereocenters. The Kier molecular flexibility index (Phi) is 2.99. The Labute approximate surface area is 111 Å². The fourth-order valence-corrected chi connectivity index (χ4v) is 2.11. The maximum atomic E-state index is 8.27. The minimum atomic E-state index is 0.549. The Morgan fingerprint density at radius 1 is 0.842 bits per heavy atom. The summed E-state index contributed by atoms with van der Waals surface area (Å²) in [5.41, 5.74) is 3.04. The van der Waals surface area contributed by atoms with Crippen LogP contribution in [-0.4, -0.2) is 4.98 Å². The molecule has 0 saturated carbocycles. The standard InChI is InChI=1S/C17H14N2/c18-17-14(10-9-13-5-2-1-3-6-13)7-4-8-16-15(17)11-12-19-16/h1-12,18-19H/b10-9+,18-17?. The van der Waals surface area contributed by atoms with Crippen molar-refractivity contribution in [3.8, 4) is 0 Å². The molecule has 19 heavy (non-hydrogen) atoms. The molecule has 0 spiro atoms. The number of fused-ring (bicyclic) bond motifs is 1. The van der Waals surface area contributed by atoms with Gasteiger partial charge in [-0.2, -0.15) is 0 Å². The van der Waals surface area contributed by atoms with Gasteiger partial charge in [0.1, 0.15) is 0 Å². The average Bonchev–Trinajstić information content (AvgIpc) is 2.86. The summed E-state index contributed by atoms with van der Waals surface area (Å²) < 4.78 is 0. The van der Waals surface area contributed by atoms with Crippen LogP contribution in [-0.2, 0) is 0 Å². The molecule has 2 aromatic carbocycles. The molecule has 2 heteroatoms. The van der Waals surface area contributed by atoms with Gasteiger partial charge in [0.05, 0.1) is 5.36 Å². The topological polar surface area (TPSA) is 39.6 Å². The van der Waals surface area contributed by atoms with E-state index in [9.17, 15) is 0 Å². The Balaban J connectivity index is 2.09. The molecule has 0 radical (unpaired) electrons. The molecule has 3 rings (SSSR count). The van der Waals surface area contributed by atoms with Crippen molar-refractivity contribution in [2.45, 2.75) is 0 Å². The van der Waals surface area contributed by atoms with Gasteiger partial charge in [0.2, 0.25) is 0 Å². The van der Waals surface area contributed by atoms with Gasteiger partial charge in [-0.25, -0.2) is 0 Å². The maximum Gasteiger partial charge on any atom is 0.0705 e. The van der Waals surface area contributed by atoms with E-state index in [1.807, 2.05) is 60.8 Å². The van der Waals surface area contributed by atoms with E-state index in [4.69, 9.17) is 5.41 Å². The molecular weight excluding hydrogens is 232 g/mol. The van der Waals surface area contributed by atoms with E-state index in [0.29, 0.717) is 5.36 Å². The first-order chi connectivity index (χ1) is 9.34. The second-order valence-electron chi connectivity index (χ2n) is 4.41. The summed E-state index contributed by atoms with van der Waals surface area (Å²) in [6.07, 6.45) is 5.89. The number of nitrogens with one attached hydrogen (secondary N) is 2. The zero-order chi connectivity index (χ0) is 13.1. The summed E-state index contributed by atoms with van der Waals surface area (Å²) in [5.74, 6) is 0. The van der Waals surface area contributed by atoms with Crippen molar-refractivity contribution >= 4 is 23.1 Å². The Morgan fingerprint density at radius 3 is 2.53 bits per heavy atom. The summed E-state index contributed by atoms with van der Waals surface area (Å²) in [6, 6.07) is 18.0. The van der Waals surface area contributed by atoms with Crippen molar-refractivity contribution in [3.63, 3.8) is 0 Å². The van der Waals surface area contributed by atoms with Crippen LogP contribution in [0, 0.1) is 5.41 Å². The number of hydrogen-bond acceptors (Lipinski definition) is 1. The summed E-state index contributed by atoms with van der Waals surface area (Å²) >= 11 is 0. The highest BCUT2D eigenvalue weighted by atomic mass is 14.7. The third-order valence-electron chi connectivity index (χ3n) is 3.13. The number of rotatable bonds is 2. The van der Waals surface area contributed by atoms with Gasteiger partial charge in [-0.05, 0) is 17.7 Å². The average molecular weight is 246 g/mol. The van der Waals surface area contributed by atoms with E-state index < -0.39 is 0 Å². The molecule has 0 aliphatic heterocycles. The van der Waals surface area contributed by atoms with Crippen LogP contribution in [0.4, 0.5) is 0 Å². The van der Waals surface area contributed by atoms with Crippen LogP contribution < -0.4 is 5.36 Å². The molecule has 0 bridgehead atoms. The normalized spacial score (nSPS) is 11.2. The van der Waals surface area contributed by atoms with Gasteiger partial charge in [0, 0.05) is 22.7 Å². The number of hydrogen-bond donors (Lipinski definition) is 2. The first kappa shape index (κ1) is 11.5. The summed E-state index contributed by atoms with van der Waals surface area (Å²) in [6.45, 7) is 0. The SMILES string of the molecule is N=c1c(/C=C/c2ccccc2)cccc2[nH]ccc12. The van der Waals surface area contributed by atoms with Gasteiger partial charge >= 0.3 is 0 Å². The fraction of sp³-hybridized carbons (Fsp3) is 0. The smallest absolute Gasteiger partial charge is 0.0705 e. The van der Waals surface area contributed by atoms with E-state index in [-0.39, 0.29) is 0 Å². The molecule has 0 aliphatic rings. The van der Waals surface area contributed by atoms with Gasteiger partial charge in [-0.3, -0.25) is 5.41 Å². The molecule has 2 N–H and O–H groups in total. The van der Waals surface area contributed by atoms with E-state index in [1.165, 1.54) is 0 Å². The summed E-state index contributed by atoms with van der Waals surface area (Å²) in [4.78, 5) is 3.14. The molecule has 0 fully saturated rings. The van der Waals surface area contributed by atoms with Crippen LogP contribution in [0.5, 0.6) is 0 Å². The first-order valence-corrected chi connectivity index (χ1v) is 6.23. The molecule has 2 nitrogen and oxygen atoms in total. The van der Waals surface area contributed by atoms with E-state index in [0.717, 1.165) is 22.0 Å². The van der Waals surface area contributed by atoms with Crippen molar-refractivity contribution in [2.24, 2.45) is 0 Å². The van der Waals surface area contributed by atoms with Crippen molar-refractivity contribution < 1.29 is 0 Å². The van der Waals surface area contributed by atoms with Crippen LogP contribution in [0.3, 0.4) is 0 Å². The van der Waals surface area contributed by atoms with Crippen LogP contribution in [0.1, 0.15) is 11.1 Å². The lowest BCUT2D eigenvalue weighted by Crippen LogP contribution is -2.00. The van der Waals surface area contributed by atoms with Crippen LogP contribution in [0.2, 0.25) is 0 Å². The molecule has 0 unspecified atom stereocenters. The van der Waals surface area contributed by atoms with Crippen molar-refractivity contribution in [3.05, 3.63) is 77.3 Å². The van der Waals surface area contributed by atoms with Gasteiger partial charge in [0.15, 0.2) is 0 Å². The Morgan fingerprint density at radius 2 is 1.68 bits per heavy atom. The summed E-state index contributed by atoms with van der Waals surface area (Å²) in [7, 11) is 0. The molecule has 3 aromatic rings. The van der Waals surface area contributed by atoms with Crippen molar-refractivity contribution in [1.82, 2.24) is 4.98 Å². The third-order valence-corrected chi connectivity index (χ3v) is 3.13. The third kappa shape index (κ3) is 2.33. The number of aromatic nitrogens is 1. The lowest BCUT2D eigenvalue weighted by atomic mass is 10.1. The second-order valence-corrected chi connectivity index (χ2v) is 4.41. The lowest BCUT2D eigenvalue weighted by Gasteiger charge is -1.92.